The summed E-state index contributed by atoms with van der Waals surface area (Å²) >= 11 is 6.56. The van der Waals surface area contributed by atoms with Crippen LogP contribution in [0.15, 0.2) is 109 Å². The molecular formula is C33H23ClN2O3. The molecule has 3 aliphatic heterocycles. The minimum Gasteiger partial charge on any atom is -0.352 e. The first-order valence-electron chi connectivity index (χ1n) is 12.9. The summed E-state index contributed by atoms with van der Waals surface area (Å²) in [4.78, 5) is 45.5. The second kappa shape index (κ2) is 8.79. The van der Waals surface area contributed by atoms with Crippen LogP contribution in [0.25, 0.3) is 6.08 Å². The summed E-state index contributed by atoms with van der Waals surface area (Å²) in [7, 11) is 0. The summed E-state index contributed by atoms with van der Waals surface area (Å²) in [5.41, 5.74) is 2.53. The van der Waals surface area contributed by atoms with Crippen molar-refractivity contribution in [2.75, 3.05) is 10.2 Å². The molecule has 3 heterocycles. The van der Waals surface area contributed by atoms with Gasteiger partial charge in [-0.3, -0.25) is 14.4 Å². The Kier molecular flexibility index (Phi) is 5.32. The molecule has 6 heteroatoms. The number of nitrogens with one attached hydrogen (secondary N) is 1. The third kappa shape index (κ3) is 3.23. The van der Waals surface area contributed by atoms with Crippen LogP contribution in [-0.2, 0) is 10.2 Å². The highest BCUT2D eigenvalue weighted by atomic mass is 35.5. The highest BCUT2D eigenvalue weighted by molar-refractivity contribution is 6.34. The number of hydrogen-bond donors (Lipinski definition) is 1. The van der Waals surface area contributed by atoms with E-state index in [4.69, 9.17) is 11.6 Å². The number of carbonyl (C=O) groups is 3. The topological polar surface area (TPSA) is 66.5 Å². The number of halogens is 1. The average Bonchev–Trinajstić information content (AvgIpc) is 3.45. The predicted octanol–water partition coefficient (Wildman–Crippen LogP) is 6.20. The van der Waals surface area contributed by atoms with Gasteiger partial charge in [0.15, 0.2) is 11.6 Å². The van der Waals surface area contributed by atoms with Gasteiger partial charge in [0.05, 0.1) is 17.0 Å². The lowest BCUT2D eigenvalue weighted by molar-refractivity contribution is -0.121. The summed E-state index contributed by atoms with van der Waals surface area (Å²) < 4.78 is 0. The lowest BCUT2D eigenvalue weighted by Gasteiger charge is -2.37. The van der Waals surface area contributed by atoms with Crippen LogP contribution in [0.1, 0.15) is 31.8 Å². The maximum Gasteiger partial charge on any atom is 0.238 e. The SMILES string of the molecule is O=C(c1ccccc1Cl)C1C(C(=O)c2ccccc2)C2(C(=O)Nc3ccccc32)C2C=Cc3ccccc3N12. The minimum atomic E-state index is -1.34. The number of para-hydroxylation sites is 2. The summed E-state index contributed by atoms with van der Waals surface area (Å²) in [5, 5.41) is 3.35. The fourth-order valence-corrected chi connectivity index (χ4v) is 6.95. The molecule has 1 amide bonds. The van der Waals surface area contributed by atoms with Crippen molar-refractivity contribution in [2.24, 2.45) is 5.92 Å². The fourth-order valence-electron chi connectivity index (χ4n) is 6.72. The largest absolute Gasteiger partial charge is 0.352 e. The van der Waals surface area contributed by atoms with Gasteiger partial charge in [-0.15, -0.1) is 0 Å². The van der Waals surface area contributed by atoms with Gasteiger partial charge in [0.2, 0.25) is 5.91 Å². The number of rotatable bonds is 4. The molecule has 4 aromatic rings. The van der Waals surface area contributed by atoms with E-state index in [9.17, 15) is 14.4 Å². The summed E-state index contributed by atoms with van der Waals surface area (Å²) in [5.74, 6) is -1.85. The molecule has 0 radical (unpaired) electrons. The van der Waals surface area contributed by atoms with Crippen molar-refractivity contribution >= 4 is 46.5 Å². The molecule has 1 fully saturated rings. The normalized spacial score (nSPS) is 24.2. The van der Waals surface area contributed by atoms with Gasteiger partial charge in [-0.2, -0.15) is 0 Å². The smallest absolute Gasteiger partial charge is 0.238 e. The Labute approximate surface area is 230 Å². The van der Waals surface area contributed by atoms with Crippen molar-refractivity contribution in [3.8, 4) is 0 Å². The Bertz CT molecular complexity index is 1700. The standard InChI is InChI=1S/C33H23ClN2O3/c34-24-15-7-5-13-22(24)31(38)29-28(30(37)21-11-2-1-3-12-21)33(23-14-6-8-16-25(23)35-32(33)39)27-19-18-20-10-4-9-17-26(20)36(27)29/h1-19,27-29H,(H,35,39). The lowest BCUT2D eigenvalue weighted by Crippen LogP contribution is -2.51. The van der Waals surface area contributed by atoms with Crippen molar-refractivity contribution in [3.63, 3.8) is 0 Å². The monoisotopic (exact) mass is 530 g/mol. The first-order chi connectivity index (χ1) is 19.0. The molecule has 0 bridgehead atoms. The Balaban J connectivity index is 1.55. The number of ketones is 2. The van der Waals surface area contributed by atoms with Gasteiger partial charge in [-0.25, -0.2) is 0 Å². The average molecular weight is 531 g/mol. The number of Topliss-reactive ketones (excluding diaryl/α,β-unsaturated/α-hetero) is 2. The van der Waals surface area contributed by atoms with Crippen molar-refractivity contribution in [3.05, 3.63) is 136 Å². The van der Waals surface area contributed by atoms with Gasteiger partial charge in [0.25, 0.3) is 0 Å². The van der Waals surface area contributed by atoms with E-state index < -0.39 is 23.4 Å². The van der Waals surface area contributed by atoms with Crippen molar-refractivity contribution in [1.29, 1.82) is 0 Å². The Hall–Kier alpha value is -4.48. The van der Waals surface area contributed by atoms with E-state index in [2.05, 4.69) is 5.32 Å². The van der Waals surface area contributed by atoms with E-state index in [-0.39, 0.29) is 17.5 Å². The van der Waals surface area contributed by atoms with Crippen LogP contribution in [0.4, 0.5) is 11.4 Å². The van der Waals surface area contributed by atoms with E-state index in [0.717, 1.165) is 16.8 Å². The summed E-state index contributed by atoms with van der Waals surface area (Å²) in [6.07, 6.45) is 3.95. The molecule has 1 saturated heterocycles. The van der Waals surface area contributed by atoms with Crippen LogP contribution < -0.4 is 10.2 Å². The van der Waals surface area contributed by atoms with Crippen LogP contribution >= 0.6 is 11.6 Å². The molecule has 1 N–H and O–H groups in total. The third-order valence-corrected chi connectivity index (χ3v) is 8.62. The summed E-state index contributed by atoms with van der Waals surface area (Å²) in [6.45, 7) is 0. The van der Waals surface area contributed by atoms with E-state index in [1.807, 2.05) is 71.6 Å². The molecule has 190 valence electrons. The highest BCUT2D eigenvalue weighted by Gasteiger charge is 2.70. The van der Waals surface area contributed by atoms with Gasteiger partial charge < -0.3 is 10.2 Å². The van der Waals surface area contributed by atoms with Crippen LogP contribution in [0.5, 0.6) is 0 Å². The van der Waals surface area contributed by atoms with Gasteiger partial charge in [0.1, 0.15) is 11.5 Å². The zero-order chi connectivity index (χ0) is 26.7. The van der Waals surface area contributed by atoms with E-state index in [0.29, 0.717) is 21.8 Å². The maximum atomic E-state index is 14.6. The lowest BCUT2D eigenvalue weighted by atomic mass is 9.64. The highest BCUT2D eigenvalue weighted by Crippen LogP contribution is 2.58. The number of amides is 1. The molecule has 39 heavy (non-hydrogen) atoms. The zero-order valence-corrected chi connectivity index (χ0v) is 21.5. The van der Waals surface area contributed by atoms with Gasteiger partial charge in [-0.1, -0.05) is 103 Å². The predicted molar refractivity (Wildman–Crippen MR) is 152 cm³/mol. The molecule has 0 aliphatic carbocycles. The number of nitrogens with zero attached hydrogens (tertiary/aromatic N) is 1. The van der Waals surface area contributed by atoms with E-state index >= 15 is 0 Å². The molecule has 5 nitrogen and oxygen atoms in total. The number of fused-ring (bicyclic) bond motifs is 6. The molecule has 4 unspecified atom stereocenters. The quantitative estimate of drug-likeness (QED) is 0.319. The van der Waals surface area contributed by atoms with Crippen molar-refractivity contribution in [2.45, 2.75) is 17.5 Å². The number of carbonyl (C=O) groups excluding carboxylic acids is 3. The Morgan fingerprint density at radius 2 is 1.49 bits per heavy atom. The summed E-state index contributed by atoms with van der Waals surface area (Å²) in [6, 6.07) is 29.5. The molecule has 0 aromatic heterocycles. The molecule has 0 saturated carbocycles. The van der Waals surface area contributed by atoms with Gasteiger partial charge in [0, 0.05) is 22.5 Å². The number of benzene rings is 4. The third-order valence-electron chi connectivity index (χ3n) is 8.29. The molecule has 1 spiro atoms. The zero-order valence-electron chi connectivity index (χ0n) is 20.8. The number of hydrogen-bond acceptors (Lipinski definition) is 4. The molecular weight excluding hydrogens is 508 g/mol. The first kappa shape index (κ1) is 23.6. The van der Waals surface area contributed by atoms with Crippen LogP contribution in [0, 0.1) is 5.92 Å². The van der Waals surface area contributed by atoms with E-state index in [1.54, 1.807) is 48.5 Å². The second-order valence-electron chi connectivity index (χ2n) is 10.1. The van der Waals surface area contributed by atoms with E-state index in [1.165, 1.54) is 0 Å². The maximum absolute atomic E-state index is 14.6. The molecule has 4 atom stereocenters. The van der Waals surface area contributed by atoms with Crippen molar-refractivity contribution in [1.82, 2.24) is 0 Å². The van der Waals surface area contributed by atoms with Gasteiger partial charge >= 0.3 is 0 Å². The first-order valence-corrected chi connectivity index (χ1v) is 13.3. The molecule has 4 aromatic carbocycles. The van der Waals surface area contributed by atoms with Gasteiger partial charge in [-0.05, 0) is 35.4 Å². The van der Waals surface area contributed by atoms with Crippen molar-refractivity contribution < 1.29 is 14.4 Å². The number of anilines is 2. The Morgan fingerprint density at radius 3 is 2.31 bits per heavy atom. The molecule has 3 aliphatic rings. The second-order valence-corrected chi connectivity index (χ2v) is 10.5. The fraction of sp³-hybridized carbons (Fsp3) is 0.121. The minimum absolute atomic E-state index is 0.256. The molecule has 7 rings (SSSR count). The Morgan fingerprint density at radius 1 is 0.795 bits per heavy atom. The van der Waals surface area contributed by atoms with Crippen LogP contribution in [0.2, 0.25) is 5.02 Å². The van der Waals surface area contributed by atoms with Crippen LogP contribution in [0.3, 0.4) is 0 Å². The van der Waals surface area contributed by atoms with Crippen LogP contribution in [-0.4, -0.2) is 29.6 Å².